The van der Waals surface area contributed by atoms with Crippen LogP contribution in [0.1, 0.15) is 24.4 Å². The van der Waals surface area contributed by atoms with Gasteiger partial charge in [-0.15, -0.1) is 0 Å². The van der Waals surface area contributed by atoms with Gasteiger partial charge in [-0.25, -0.2) is 4.39 Å². The topological polar surface area (TPSA) is 29.3 Å². The summed E-state index contributed by atoms with van der Waals surface area (Å²) in [7, 11) is 1.98. The van der Waals surface area contributed by atoms with Gasteiger partial charge in [0.2, 0.25) is 0 Å². The molecule has 1 fully saturated rings. The molecule has 0 radical (unpaired) electrons. The third-order valence-corrected chi connectivity index (χ3v) is 3.44. The number of rotatable bonds is 1. The average molecular weight is 243 g/mol. The van der Waals surface area contributed by atoms with Gasteiger partial charge in [0, 0.05) is 16.6 Å². The largest absolute Gasteiger partial charge is 0.326 e. The minimum Gasteiger partial charge on any atom is -0.326 e. The third-order valence-electron chi connectivity index (χ3n) is 3.21. The summed E-state index contributed by atoms with van der Waals surface area (Å²) in [4.78, 5) is 2.10. The lowest BCUT2D eigenvalue weighted by Crippen LogP contribution is -2.44. The summed E-state index contributed by atoms with van der Waals surface area (Å²) in [6.45, 7) is 0.949. The van der Waals surface area contributed by atoms with Crippen molar-refractivity contribution in [1.82, 2.24) is 4.90 Å². The Morgan fingerprint density at radius 1 is 1.50 bits per heavy atom. The maximum absolute atomic E-state index is 13.8. The van der Waals surface area contributed by atoms with E-state index in [4.69, 9.17) is 17.3 Å². The molecule has 2 nitrogen and oxygen atoms in total. The van der Waals surface area contributed by atoms with E-state index in [1.807, 2.05) is 7.05 Å². The fourth-order valence-electron chi connectivity index (χ4n) is 2.41. The van der Waals surface area contributed by atoms with Crippen LogP contribution in [-0.2, 0) is 0 Å². The number of likely N-dealkylation sites (tertiary alicyclic amines) is 1. The average Bonchev–Trinajstić information content (AvgIpc) is 2.23. The molecular formula is C12H16ClFN2. The van der Waals surface area contributed by atoms with E-state index in [0.29, 0.717) is 10.6 Å². The zero-order valence-electron chi connectivity index (χ0n) is 9.29. The van der Waals surface area contributed by atoms with Crippen LogP contribution >= 0.6 is 11.6 Å². The first-order valence-corrected chi connectivity index (χ1v) is 5.88. The first kappa shape index (κ1) is 11.8. The van der Waals surface area contributed by atoms with Gasteiger partial charge in [0.1, 0.15) is 5.82 Å². The van der Waals surface area contributed by atoms with E-state index in [-0.39, 0.29) is 17.9 Å². The zero-order valence-corrected chi connectivity index (χ0v) is 10.0. The highest BCUT2D eigenvalue weighted by molar-refractivity contribution is 6.30. The Morgan fingerprint density at radius 3 is 2.94 bits per heavy atom. The Bertz CT molecular complexity index is 373. The molecule has 2 N–H and O–H groups in total. The van der Waals surface area contributed by atoms with E-state index in [1.165, 1.54) is 6.07 Å². The molecule has 1 saturated heterocycles. The highest BCUT2D eigenvalue weighted by Crippen LogP contribution is 2.31. The Balaban J connectivity index is 2.37. The Kier molecular flexibility index (Phi) is 3.47. The summed E-state index contributed by atoms with van der Waals surface area (Å²) in [5.41, 5.74) is 6.68. The van der Waals surface area contributed by atoms with Gasteiger partial charge >= 0.3 is 0 Å². The van der Waals surface area contributed by atoms with E-state index >= 15 is 0 Å². The van der Waals surface area contributed by atoms with Crippen LogP contribution in [-0.4, -0.2) is 24.5 Å². The molecule has 0 aromatic heterocycles. The molecule has 2 unspecified atom stereocenters. The van der Waals surface area contributed by atoms with Gasteiger partial charge in [-0.05, 0) is 44.6 Å². The summed E-state index contributed by atoms with van der Waals surface area (Å²) in [6, 6.07) is 4.57. The summed E-state index contributed by atoms with van der Waals surface area (Å²) in [5.74, 6) is -0.224. The van der Waals surface area contributed by atoms with Crippen LogP contribution in [0.5, 0.6) is 0 Å². The molecule has 1 aromatic rings. The Labute approximate surface area is 100 Å². The molecule has 0 aliphatic carbocycles. The van der Waals surface area contributed by atoms with Gasteiger partial charge in [-0.2, -0.15) is 0 Å². The molecule has 1 heterocycles. The number of hydrogen-bond donors (Lipinski definition) is 1. The van der Waals surface area contributed by atoms with Gasteiger partial charge < -0.3 is 5.73 Å². The van der Waals surface area contributed by atoms with Crippen molar-refractivity contribution in [2.75, 3.05) is 13.6 Å². The van der Waals surface area contributed by atoms with Crippen molar-refractivity contribution < 1.29 is 4.39 Å². The number of nitrogens with zero attached hydrogens (tertiary/aromatic N) is 1. The van der Waals surface area contributed by atoms with Gasteiger partial charge in [0.15, 0.2) is 0 Å². The maximum Gasteiger partial charge on any atom is 0.128 e. The molecule has 0 amide bonds. The molecule has 2 atom stereocenters. The molecular weight excluding hydrogens is 227 g/mol. The van der Waals surface area contributed by atoms with Crippen molar-refractivity contribution in [3.63, 3.8) is 0 Å². The minimum absolute atomic E-state index is 0.0216. The summed E-state index contributed by atoms with van der Waals surface area (Å²) < 4.78 is 13.8. The van der Waals surface area contributed by atoms with Crippen LogP contribution in [0.25, 0.3) is 0 Å². The lowest BCUT2D eigenvalue weighted by molar-refractivity contribution is 0.159. The number of benzene rings is 1. The van der Waals surface area contributed by atoms with Crippen LogP contribution in [0.15, 0.2) is 18.2 Å². The van der Waals surface area contributed by atoms with E-state index in [0.717, 1.165) is 19.4 Å². The van der Waals surface area contributed by atoms with Crippen LogP contribution in [0.4, 0.5) is 4.39 Å². The quantitative estimate of drug-likeness (QED) is 0.820. The van der Waals surface area contributed by atoms with Crippen LogP contribution in [0, 0.1) is 5.82 Å². The summed E-state index contributed by atoms with van der Waals surface area (Å²) >= 11 is 5.91. The molecule has 0 bridgehead atoms. The maximum atomic E-state index is 13.8. The fraction of sp³-hybridized carbons (Fsp3) is 0.500. The summed E-state index contributed by atoms with van der Waals surface area (Å²) in [6.07, 6.45) is 2.00. The number of halogens is 2. The monoisotopic (exact) mass is 242 g/mol. The van der Waals surface area contributed by atoms with Gasteiger partial charge in [-0.3, -0.25) is 4.90 Å². The normalized spacial score (nSPS) is 27.0. The third kappa shape index (κ3) is 2.21. The second-order valence-electron chi connectivity index (χ2n) is 4.40. The molecule has 16 heavy (non-hydrogen) atoms. The van der Waals surface area contributed by atoms with Gasteiger partial charge in [0.05, 0.1) is 6.04 Å². The van der Waals surface area contributed by atoms with Crippen molar-refractivity contribution in [3.8, 4) is 0 Å². The van der Waals surface area contributed by atoms with Gasteiger partial charge in [0.25, 0.3) is 0 Å². The lowest BCUT2D eigenvalue weighted by atomic mass is 9.91. The van der Waals surface area contributed by atoms with E-state index < -0.39 is 0 Å². The van der Waals surface area contributed by atoms with Crippen molar-refractivity contribution in [2.24, 2.45) is 5.73 Å². The molecule has 4 heteroatoms. The first-order chi connectivity index (χ1) is 7.59. The van der Waals surface area contributed by atoms with E-state index in [2.05, 4.69) is 4.90 Å². The second-order valence-corrected chi connectivity index (χ2v) is 4.83. The number of piperidine rings is 1. The highest BCUT2D eigenvalue weighted by atomic mass is 35.5. The Morgan fingerprint density at radius 2 is 2.25 bits per heavy atom. The zero-order chi connectivity index (χ0) is 11.7. The van der Waals surface area contributed by atoms with Crippen LogP contribution in [0.3, 0.4) is 0 Å². The fourth-order valence-corrected chi connectivity index (χ4v) is 2.59. The van der Waals surface area contributed by atoms with Crippen molar-refractivity contribution in [1.29, 1.82) is 0 Å². The molecule has 1 aliphatic heterocycles. The number of likely N-dealkylation sites (N-methyl/N-ethyl adjacent to an activating group) is 1. The standard InChI is InChI=1S/C12H16ClFN2/c1-16-6-2-3-11(15)12(16)9-7-8(13)4-5-10(9)14/h4-5,7,11-12H,2-3,6,15H2,1H3. The molecule has 1 aliphatic rings. The smallest absolute Gasteiger partial charge is 0.128 e. The molecule has 2 rings (SSSR count). The predicted molar refractivity (Wildman–Crippen MR) is 64.0 cm³/mol. The SMILES string of the molecule is CN1CCCC(N)C1c1cc(Cl)ccc1F. The number of nitrogens with two attached hydrogens (primary N) is 1. The molecule has 88 valence electrons. The Hall–Kier alpha value is -0.640. The summed E-state index contributed by atoms with van der Waals surface area (Å²) in [5, 5.41) is 0.558. The van der Waals surface area contributed by atoms with Crippen molar-refractivity contribution in [2.45, 2.75) is 24.9 Å². The second kappa shape index (κ2) is 4.70. The molecule has 1 aromatic carbocycles. The lowest BCUT2D eigenvalue weighted by Gasteiger charge is -2.37. The van der Waals surface area contributed by atoms with Gasteiger partial charge in [-0.1, -0.05) is 11.6 Å². The van der Waals surface area contributed by atoms with E-state index in [9.17, 15) is 4.39 Å². The molecule has 0 saturated carbocycles. The van der Waals surface area contributed by atoms with Crippen LogP contribution in [0.2, 0.25) is 5.02 Å². The number of hydrogen-bond acceptors (Lipinski definition) is 2. The minimum atomic E-state index is -0.224. The van der Waals surface area contributed by atoms with Crippen LogP contribution < -0.4 is 5.73 Å². The first-order valence-electron chi connectivity index (χ1n) is 5.50. The predicted octanol–water partition coefficient (Wildman–Crippen LogP) is 2.57. The van der Waals surface area contributed by atoms with Crippen molar-refractivity contribution in [3.05, 3.63) is 34.6 Å². The van der Waals surface area contributed by atoms with Crippen molar-refractivity contribution >= 4 is 11.6 Å². The highest BCUT2D eigenvalue weighted by Gasteiger charge is 2.29. The molecule has 0 spiro atoms. The van der Waals surface area contributed by atoms with E-state index in [1.54, 1.807) is 12.1 Å².